The molecule has 0 atom stereocenters. The summed E-state index contributed by atoms with van der Waals surface area (Å²) in [7, 11) is 0. The first-order valence-corrected chi connectivity index (χ1v) is 4.58. The van der Waals surface area contributed by atoms with Gasteiger partial charge in [0.2, 0.25) is 0 Å². The van der Waals surface area contributed by atoms with Crippen molar-refractivity contribution < 1.29 is 4.79 Å². The van der Waals surface area contributed by atoms with Crippen LogP contribution in [0.4, 0.5) is 5.69 Å². The first-order chi connectivity index (χ1) is 7.58. The van der Waals surface area contributed by atoms with Gasteiger partial charge in [-0.15, -0.1) is 0 Å². The normalized spacial score (nSPS) is 10.9. The molecule has 0 saturated heterocycles. The van der Waals surface area contributed by atoms with Crippen LogP contribution in [0, 0.1) is 11.3 Å². The van der Waals surface area contributed by atoms with E-state index in [4.69, 9.17) is 22.5 Å². The molecule has 1 aromatic carbocycles. The van der Waals surface area contributed by atoms with E-state index in [2.05, 4.69) is 0 Å². The third-order valence-corrected chi connectivity index (χ3v) is 2.08. The Hall–Kier alpha value is -2.32. The van der Waals surface area contributed by atoms with E-state index in [1.165, 1.54) is 6.08 Å². The van der Waals surface area contributed by atoms with Crippen LogP contribution in [-0.2, 0) is 11.3 Å². The molecule has 1 aromatic rings. The van der Waals surface area contributed by atoms with Crippen LogP contribution in [0.2, 0.25) is 0 Å². The lowest BCUT2D eigenvalue weighted by Crippen LogP contribution is -2.12. The zero-order chi connectivity index (χ0) is 12.1. The lowest BCUT2D eigenvalue weighted by Gasteiger charge is -2.03. The zero-order valence-electron chi connectivity index (χ0n) is 8.60. The third-order valence-electron chi connectivity index (χ3n) is 2.08. The third kappa shape index (κ3) is 2.59. The van der Waals surface area contributed by atoms with Crippen molar-refractivity contribution in [3.63, 3.8) is 0 Å². The predicted molar refractivity (Wildman–Crippen MR) is 61.5 cm³/mol. The van der Waals surface area contributed by atoms with Crippen LogP contribution in [0.25, 0.3) is 6.08 Å². The van der Waals surface area contributed by atoms with Crippen molar-refractivity contribution in [2.75, 3.05) is 5.73 Å². The highest BCUT2D eigenvalue weighted by Gasteiger charge is 2.04. The highest BCUT2D eigenvalue weighted by molar-refractivity contribution is 6.00. The quantitative estimate of drug-likeness (QED) is 0.377. The number of anilines is 1. The topological polar surface area (TPSA) is 119 Å². The van der Waals surface area contributed by atoms with Gasteiger partial charge >= 0.3 is 0 Å². The summed E-state index contributed by atoms with van der Waals surface area (Å²) in [5.74, 6) is -0.756. The maximum atomic E-state index is 10.8. The number of hydrogen-bond acceptors (Lipinski definition) is 4. The average Bonchev–Trinajstić information content (AvgIpc) is 2.27. The van der Waals surface area contributed by atoms with E-state index in [1.807, 2.05) is 0 Å². The van der Waals surface area contributed by atoms with Crippen molar-refractivity contribution in [1.29, 1.82) is 5.26 Å². The first kappa shape index (κ1) is 11.8. The summed E-state index contributed by atoms with van der Waals surface area (Å²) in [5.41, 5.74) is 18.1. The number of carbonyl (C=O) groups is 1. The van der Waals surface area contributed by atoms with Crippen LogP contribution in [0.15, 0.2) is 23.8 Å². The molecule has 0 unspecified atom stereocenters. The van der Waals surface area contributed by atoms with Crippen molar-refractivity contribution in [3.05, 3.63) is 34.9 Å². The Bertz CT molecular complexity index is 485. The van der Waals surface area contributed by atoms with Crippen LogP contribution in [0.5, 0.6) is 0 Å². The lowest BCUT2D eigenvalue weighted by molar-refractivity contribution is -0.114. The van der Waals surface area contributed by atoms with Crippen LogP contribution in [0.1, 0.15) is 11.1 Å². The predicted octanol–water partition coefficient (Wildman–Crippen LogP) is 0.120. The summed E-state index contributed by atoms with van der Waals surface area (Å²) in [6, 6.07) is 6.80. The number of primary amides is 1. The molecule has 0 heterocycles. The second-order valence-corrected chi connectivity index (χ2v) is 3.20. The number of hydrogen-bond donors (Lipinski definition) is 3. The number of carbonyl (C=O) groups excluding carboxylic acids is 1. The number of nitriles is 1. The molecular formula is C11H12N4O. The molecule has 0 saturated carbocycles. The van der Waals surface area contributed by atoms with Gasteiger partial charge in [-0.3, -0.25) is 4.79 Å². The molecule has 16 heavy (non-hydrogen) atoms. The Kier molecular flexibility index (Phi) is 3.64. The molecule has 0 bridgehead atoms. The maximum absolute atomic E-state index is 10.8. The molecule has 1 amide bonds. The number of benzene rings is 1. The van der Waals surface area contributed by atoms with E-state index in [1.54, 1.807) is 24.3 Å². The van der Waals surface area contributed by atoms with Gasteiger partial charge < -0.3 is 17.2 Å². The fourth-order valence-electron chi connectivity index (χ4n) is 1.22. The Morgan fingerprint density at radius 2 is 2.19 bits per heavy atom. The monoisotopic (exact) mass is 216 g/mol. The second-order valence-electron chi connectivity index (χ2n) is 3.20. The van der Waals surface area contributed by atoms with Crippen molar-refractivity contribution in [1.82, 2.24) is 0 Å². The summed E-state index contributed by atoms with van der Waals surface area (Å²) in [5, 5.41) is 8.67. The van der Waals surface area contributed by atoms with Gasteiger partial charge in [0.15, 0.2) is 0 Å². The van der Waals surface area contributed by atoms with Gasteiger partial charge in [-0.1, -0.05) is 6.07 Å². The van der Waals surface area contributed by atoms with Gasteiger partial charge in [-0.2, -0.15) is 5.26 Å². The average molecular weight is 216 g/mol. The van der Waals surface area contributed by atoms with E-state index < -0.39 is 5.91 Å². The van der Waals surface area contributed by atoms with Crippen LogP contribution >= 0.6 is 0 Å². The van der Waals surface area contributed by atoms with E-state index in [0.29, 0.717) is 17.8 Å². The molecule has 0 fully saturated rings. The Labute approximate surface area is 93.1 Å². The van der Waals surface area contributed by atoms with Crippen molar-refractivity contribution >= 4 is 17.7 Å². The molecule has 0 aliphatic rings. The van der Waals surface area contributed by atoms with Gasteiger partial charge in [-0.05, 0) is 29.3 Å². The maximum Gasteiger partial charge on any atom is 0.259 e. The summed E-state index contributed by atoms with van der Waals surface area (Å²) < 4.78 is 0. The number of amides is 1. The van der Waals surface area contributed by atoms with Gasteiger partial charge in [-0.25, -0.2) is 0 Å². The fraction of sp³-hybridized carbons (Fsp3) is 0.0909. The summed E-state index contributed by atoms with van der Waals surface area (Å²) in [6.07, 6.45) is 1.40. The highest BCUT2D eigenvalue weighted by Crippen LogP contribution is 2.15. The van der Waals surface area contributed by atoms with Crippen molar-refractivity contribution in [3.8, 4) is 6.07 Å². The van der Waals surface area contributed by atoms with Crippen LogP contribution in [-0.4, -0.2) is 5.91 Å². The van der Waals surface area contributed by atoms with E-state index >= 15 is 0 Å². The first-order valence-electron chi connectivity index (χ1n) is 4.58. The molecule has 1 rings (SSSR count). The molecular weight excluding hydrogens is 204 g/mol. The Morgan fingerprint density at radius 1 is 1.50 bits per heavy atom. The Morgan fingerprint density at radius 3 is 2.69 bits per heavy atom. The van der Waals surface area contributed by atoms with Crippen LogP contribution < -0.4 is 17.2 Å². The van der Waals surface area contributed by atoms with E-state index in [9.17, 15) is 4.79 Å². The van der Waals surface area contributed by atoms with Crippen molar-refractivity contribution in [2.24, 2.45) is 11.5 Å². The molecule has 0 aliphatic heterocycles. The number of nitrogens with zero attached hydrogens (tertiary/aromatic N) is 1. The summed E-state index contributed by atoms with van der Waals surface area (Å²) in [6.45, 7) is 0.298. The zero-order valence-corrected chi connectivity index (χ0v) is 8.60. The van der Waals surface area contributed by atoms with Crippen LogP contribution in [0.3, 0.4) is 0 Å². The molecule has 0 aromatic heterocycles. The minimum absolute atomic E-state index is 0.104. The summed E-state index contributed by atoms with van der Waals surface area (Å²) in [4.78, 5) is 10.8. The Balaban J connectivity index is 3.16. The smallest absolute Gasteiger partial charge is 0.259 e. The number of rotatable bonds is 3. The highest BCUT2D eigenvalue weighted by atomic mass is 16.1. The standard InChI is InChI=1S/C11H12N4O/c12-5-8-3-7(1-2-10(8)14)4-9(6-13)11(15)16/h1-4H,5,12,14H2,(H2,15,16). The molecule has 5 nitrogen and oxygen atoms in total. The molecule has 0 aliphatic carbocycles. The molecule has 0 radical (unpaired) electrons. The molecule has 82 valence electrons. The molecule has 0 spiro atoms. The molecule has 5 heteroatoms. The fourth-order valence-corrected chi connectivity index (χ4v) is 1.22. The van der Waals surface area contributed by atoms with Gasteiger partial charge in [0.25, 0.3) is 5.91 Å². The van der Waals surface area contributed by atoms with Crippen molar-refractivity contribution in [2.45, 2.75) is 6.54 Å². The minimum Gasteiger partial charge on any atom is -0.398 e. The van der Waals surface area contributed by atoms with E-state index in [0.717, 1.165) is 5.56 Å². The summed E-state index contributed by atoms with van der Waals surface area (Å²) >= 11 is 0. The SMILES string of the molecule is N#CC(=Cc1ccc(N)c(CN)c1)C(N)=O. The number of nitrogen functional groups attached to an aromatic ring is 1. The largest absolute Gasteiger partial charge is 0.398 e. The second kappa shape index (κ2) is 4.96. The van der Waals surface area contributed by atoms with Gasteiger partial charge in [0, 0.05) is 12.2 Å². The molecule has 6 N–H and O–H groups in total. The van der Waals surface area contributed by atoms with E-state index in [-0.39, 0.29) is 5.57 Å². The van der Waals surface area contributed by atoms with Gasteiger partial charge in [0.05, 0.1) is 0 Å². The minimum atomic E-state index is -0.756. The van der Waals surface area contributed by atoms with Gasteiger partial charge in [0.1, 0.15) is 11.6 Å². The number of nitrogens with two attached hydrogens (primary N) is 3. The lowest BCUT2D eigenvalue weighted by atomic mass is 10.1.